The lowest BCUT2D eigenvalue weighted by atomic mass is 10.0. The molecule has 11 N–H and O–H groups in total. The second-order valence-electron chi connectivity index (χ2n) is 9.67. The number of hydrogen-bond donors (Lipinski definition) is 8. The minimum Gasteiger partial charge on any atom is -0.480 e. The lowest BCUT2D eigenvalue weighted by Crippen LogP contribution is -2.57. The number of rotatable bonds is 19. The molecule has 0 saturated carbocycles. The van der Waals surface area contributed by atoms with Gasteiger partial charge in [0.15, 0.2) is 0 Å². The number of nitrogens with two attached hydrogens (primary N) is 3. The zero-order valence-corrected chi connectivity index (χ0v) is 22.7. The minimum absolute atomic E-state index is 0.0209. The molecule has 4 atom stereocenters. The highest BCUT2D eigenvalue weighted by Gasteiger charge is 2.30. The molecular weight excluding hydrogens is 516 g/mol. The summed E-state index contributed by atoms with van der Waals surface area (Å²) in [5.41, 5.74) is 18.4. The van der Waals surface area contributed by atoms with Crippen LogP contribution in [0.25, 0.3) is 0 Å². The maximum absolute atomic E-state index is 13.4. The molecule has 0 aliphatic rings. The molecule has 2 aromatic rings. The number of carbonyl (C=O) groups excluding carboxylic acids is 3. The van der Waals surface area contributed by atoms with Crippen LogP contribution >= 0.6 is 0 Å². The molecule has 1 aromatic carbocycles. The smallest absolute Gasteiger partial charge is 0.326 e. The number of aromatic amines is 1. The van der Waals surface area contributed by atoms with Crippen molar-refractivity contribution in [3.05, 3.63) is 54.1 Å². The summed E-state index contributed by atoms with van der Waals surface area (Å²) in [6.07, 6.45) is 6.31. The maximum atomic E-state index is 13.4. The van der Waals surface area contributed by atoms with Crippen molar-refractivity contribution >= 4 is 23.7 Å². The number of benzene rings is 1. The van der Waals surface area contributed by atoms with Crippen LogP contribution in [-0.2, 0) is 32.0 Å². The first kappa shape index (κ1) is 32.4. The second-order valence-corrected chi connectivity index (χ2v) is 9.67. The number of H-pyrrole nitrogens is 1. The molecule has 4 unspecified atom stereocenters. The number of amides is 3. The fourth-order valence-electron chi connectivity index (χ4n) is 4.10. The van der Waals surface area contributed by atoms with Gasteiger partial charge >= 0.3 is 5.97 Å². The molecule has 13 heteroatoms. The average Bonchev–Trinajstić information content (AvgIpc) is 3.45. The van der Waals surface area contributed by atoms with Gasteiger partial charge in [0.05, 0.1) is 12.4 Å². The molecule has 0 bridgehead atoms. The zero-order valence-electron chi connectivity index (χ0n) is 22.7. The molecule has 13 nitrogen and oxygen atoms in total. The van der Waals surface area contributed by atoms with E-state index in [-0.39, 0.29) is 12.8 Å². The molecule has 1 aromatic heterocycles. The summed E-state index contributed by atoms with van der Waals surface area (Å²) in [6, 6.07) is 4.89. The molecule has 0 spiro atoms. The highest BCUT2D eigenvalue weighted by Crippen LogP contribution is 2.08. The van der Waals surface area contributed by atoms with Gasteiger partial charge in [0, 0.05) is 24.7 Å². The third-order valence-electron chi connectivity index (χ3n) is 6.40. The van der Waals surface area contributed by atoms with Crippen LogP contribution < -0.4 is 33.2 Å². The Morgan fingerprint density at radius 2 is 1.40 bits per heavy atom. The van der Waals surface area contributed by atoms with Crippen LogP contribution in [0.1, 0.15) is 49.8 Å². The van der Waals surface area contributed by atoms with Crippen LogP contribution in [0.4, 0.5) is 0 Å². The van der Waals surface area contributed by atoms with Gasteiger partial charge in [-0.25, -0.2) is 9.78 Å². The van der Waals surface area contributed by atoms with Gasteiger partial charge in [-0.05, 0) is 50.8 Å². The molecule has 0 saturated heterocycles. The lowest BCUT2D eigenvalue weighted by Gasteiger charge is -2.25. The quantitative estimate of drug-likeness (QED) is 0.102. The van der Waals surface area contributed by atoms with E-state index < -0.39 is 47.9 Å². The number of imidazole rings is 1. The second kappa shape index (κ2) is 17.7. The number of hydrogen-bond acceptors (Lipinski definition) is 8. The molecule has 0 radical (unpaired) electrons. The number of nitrogens with one attached hydrogen (secondary N) is 4. The van der Waals surface area contributed by atoms with Crippen molar-refractivity contribution in [3.8, 4) is 0 Å². The molecular formula is C27H42N8O5. The van der Waals surface area contributed by atoms with Gasteiger partial charge in [-0.3, -0.25) is 14.4 Å². The van der Waals surface area contributed by atoms with E-state index in [0.717, 1.165) is 12.0 Å². The van der Waals surface area contributed by atoms with Crippen molar-refractivity contribution in [3.63, 3.8) is 0 Å². The summed E-state index contributed by atoms with van der Waals surface area (Å²) >= 11 is 0. The Labute approximate surface area is 234 Å². The van der Waals surface area contributed by atoms with Gasteiger partial charge in [-0.2, -0.15) is 0 Å². The Kier molecular flexibility index (Phi) is 14.3. The van der Waals surface area contributed by atoms with Gasteiger partial charge in [0.2, 0.25) is 17.7 Å². The number of aliphatic carboxylic acids is 1. The van der Waals surface area contributed by atoms with E-state index in [1.807, 2.05) is 6.07 Å². The Hall–Kier alpha value is -3.81. The van der Waals surface area contributed by atoms with Crippen LogP contribution in [0.5, 0.6) is 0 Å². The van der Waals surface area contributed by atoms with E-state index in [1.165, 1.54) is 12.5 Å². The largest absolute Gasteiger partial charge is 0.480 e. The van der Waals surface area contributed by atoms with E-state index in [4.69, 9.17) is 17.2 Å². The van der Waals surface area contributed by atoms with Gasteiger partial charge in [0.1, 0.15) is 18.1 Å². The topological polar surface area (TPSA) is 231 Å². The normalized spacial score (nSPS) is 14.0. The third-order valence-corrected chi connectivity index (χ3v) is 6.40. The number of carboxylic acid groups (broad SMARTS) is 1. The molecule has 0 aliphatic carbocycles. The summed E-state index contributed by atoms with van der Waals surface area (Å²) in [7, 11) is 0. The number of carboxylic acids is 1. The maximum Gasteiger partial charge on any atom is 0.326 e. The minimum atomic E-state index is -1.25. The monoisotopic (exact) mass is 558 g/mol. The van der Waals surface area contributed by atoms with Crippen molar-refractivity contribution in [2.45, 2.75) is 75.5 Å². The molecule has 2 rings (SSSR count). The molecule has 3 amide bonds. The Morgan fingerprint density at radius 1 is 0.800 bits per heavy atom. The Morgan fingerprint density at radius 3 is 2.00 bits per heavy atom. The van der Waals surface area contributed by atoms with Crippen molar-refractivity contribution in [2.24, 2.45) is 17.2 Å². The van der Waals surface area contributed by atoms with Gasteiger partial charge < -0.3 is 43.2 Å². The fourth-order valence-corrected chi connectivity index (χ4v) is 4.10. The van der Waals surface area contributed by atoms with E-state index in [9.17, 15) is 24.3 Å². The van der Waals surface area contributed by atoms with Crippen LogP contribution in [0, 0.1) is 0 Å². The van der Waals surface area contributed by atoms with E-state index in [0.29, 0.717) is 50.9 Å². The Bertz CT molecular complexity index is 1050. The molecule has 220 valence electrons. The van der Waals surface area contributed by atoms with Gasteiger partial charge in [-0.15, -0.1) is 0 Å². The van der Waals surface area contributed by atoms with Gasteiger partial charge in [-0.1, -0.05) is 36.8 Å². The summed E-state index contributed by atoms with van der Waals surface area (Å²) in [6.45, 7) is 0.917. The van der Waals surface area contributed by atoms with Gasteiger partial charge in [0.25, 0.3) is 0 Å². The third kappa shape index (κ3) is 11.5. The number of carbonyl (C=O) groups is 4. The molecule has 40 heavy (non-hydrogen) atoms. The summed E-state index contributed by atoms with van der Waals surface area (Å²) in [4.78, 5) is 58.1. The first-order valence-corrected chi connectivity index (χ1v) is 13.6. The highest BCUT2D eigenvalue weighted by molar-refractivity contribution is 5.94. The van der Waals surface area contributed by atoms with Crippen LogP contribution in [0.15, 0.2) is 42.9 Å². The van der Waals surface area contributed by atoms with Crippen LogP contribution in [0.3, 0.4) is 0 Å². The summed E-state index contributed by atoms with van der Waals surface area (Å²) in [5, 5.41) is 17.7. The fraction of sp³-hybridized carbons (Fsp3) is 0.519. The predicted molar refractivity (Wildman–Crippen MR) is 150 cm³/mol. The Balaban J connectivity index is 2.19. The van der Waals surface area contributed by atoms with E-state index >= 15 is 0 Å². The number of nitrogens with zero attached hydrogens (tertiary/aromatic N) is 1. The van der Waals surface area contributed by atoms with E-state index in [1.54, 1.807) is 24.3 Å². The molecule has 1 heterocycles. The summed E-state index contributed by atoms with van der Waals surface area (Å²) < 4.78 is 0. The predicted octanol–water partition coefficient (Wildman–Crippen LogP) is -0.681. The lowest BCUT2D eigenvalue weighted by molar-refractivity contribution is -0.142. The van der Waals surface area contributed by atoms with Crippen molar-refractivity contribution < 1.29 is 24.3 Å². The summed E-state index contributed by atoms with van der Waals surface area (Å²) in [5.74, 6) is -2.95. The molecule has 0 fully saturated rings. The SMILES string of the molecule is NCCCCC(N)C(=O)NC(CCCCN)C(=O)NC(Cc1ccccc1)C(=O)NC(Cc1cnc[nH]1)C(=O)O. The first-order chi connectivity index (χ1) is 19.2. The average molecular weight is 559 g/mol. The number of unbranched alkanes of at least 4 members (excludes halogenated alkanes) is 2. The van der Waals surface area contributed by atoms with Crippen LogP contribution in [-0.4, -0.2) is 76.0 Å². The highest BCUT2D eigenvalue weighted by atomic mass is 16.4. The van der Waals surface area contributed by atoms with E-state index in [2.05, 4.69) is 25.9 Å². The standard InChI is InChI=1S/C27H42N8O5/c28-12-6-4-10-20(30)24(36)33-21(11-5-7-13-29)25(37)34-22(14-18-8-2-1-3-9-18)26(38)35-23(27(39)40)15-19-16-31-17-32-19/h1-3,8-9,16-17,20-23H,4-7,10-15,28-30H2,(H,31,32)(H,33,36)(H,34,37)(H,35,38)(H,39,40). The van der Waals surface area contributed by atoms with Crippen LogP contribution in [0.2, 0.25) is 0 Å². The zero-order chi connectivity index (χ0) is 29.3. The first-order valence-electron chi connectivity index (χ1n) is 13.6. The van der Waals surface area contributed by atoms with Crippen molar-refractivity contribution in [1.82, 2.24) is 25.9 Å². The van der Waals surface area contributed by atoms with Crippen molar-refractivity contribution in [2.75, 3.05) is 13.1 Å². The number of aromatic nitrogens is 2. The molecule has 0 aliphatic heterocycles. The van der Waals surface area contributed by atoms with Crippen molar-refractivity contribution in [1.29, 1.82) is 0 Å².